The smallest absolute Gasteiger partial charge is 0.341 e. The summed E-state index contributed by atoms with van der Waals surface area (Å²) in [6.07, 6.45) is -2.87. The average Bonchev–Trinajstić information content (AvgIpc) is 3.26. The summed E-state index contributed by atoms with van der Waals surface area (Å²) in [7, 11) is 0. The highest BCUT2D eigenvalue weighted by Crippen LogP contribution is 2.57. The molecule has 43 heavy (non-hydrogen) atoms. The number of esters is 5. The maximum absolute atomic E-state index is 13.2. The van der Waals surface area contributed by atoms with Crippen molar-refractivity contribution >= 4 is 29.8 Å². The van der Waals surface area contributed by atoms with Crippen LogP contribution in [0.25, 0.3) is 0 Å². The van der Waals surface area contributed by atoms with Crippen LogP contribution in [0.4, 0.5) is 0 Å². The molecule has 0 aromatic rings. The lowest BCUT2D eigenvalue weighted by molar-refractivity contribution is -0.212. The van der Waals surface area contributed by atoms with Crippen molar-refractivity contribution in [1.29, 1.82) is 0 Å². The van der Waals surface area contributed by atoms with Crippen molar-refractivity contribution in [3.63, 3.8) is 0 Å². The Morgan fingerprint density at radius 2 is 1.53 bits per heavy atom. The van der Waals surface area contributed by atoms with E-state index in [1.165, 1.54) is 32.9 Å². The van der Waals surface area contributed by atoms with E-state index in [0.29, 0.717) is 6.42 Å². The van der Waals surface area contributed by atoms with E-state index in [1.54, 1.807) is 27.7 Å². The fraction of sp³-hybridized carbons (Fsp3) is 0.645. The van der Waals surface area contributed by atoms with E-state index in [9.17, 15) is 34.2 Å². The molecule has 12 nitrogen and oxygen atoms in total. The summed E-state index contributed by atoms with van der Waals surface area (Å²) >= 11 is 0. The molecule has 0 aromatic heterocycles. The van der Waals surface area contributed by atoms with Crippen molar-refractivity contribution in [3.05, 3.63) is 34.4 Å². The summed E-state index contributed by atoms with van der Waals surface area (Å²) in [6.45, 7) is 13.3. The lowest BCUT2D eigenvalue weighted by Crippen LogP contribution is -2.64. The van der Waals surface area contributed by atoms with Crippen molar-refractivity contribution in [2.45, 2.75) is 123 Å². The number of allylic oxidation sites excluding steroid dienone is 2. The van der Waals surface area contributed by atoms with Crippen molar-refractivity contribution in [2.75, 3.05) is 0 Å². The van der Waals surface area contributed by atoms with E-state index >= 15 is 0 Å². The lowest BCUT2D eigenvalue weighted by Gasteiger charge is -2.41. The average molecular weight is 607 g/mol. The zero-order chi connectivity index (χ0) is 32.7. The Balaban J connectivity index is 2.36. The summed E-state index contributed by atoms with van der Waals surface area (Å²) in [5.41, 5.74) is -6.01. The molecule has 0 radical (unpaired) electrons. The lowest BCUT2D eigenvalue weighted by atomic mass is 9.75. The van der Waals surface area contributed by atoms with Crippen LogP contribution in [0.15, 0.2) is 34.4 Å². The van der Waals surface area contributed by atoms with Gasteiger partial charge in [-0.05, 0) is 66.0 Å². The molecular formula is C31H42O12. The molecule has 3 aliphatic rings. The fourth-order valence-electron chi connectivity index (χ4n) is 6.15. The normalized spacial score (nSPS) is 35.8. The Morgan fingerprint density at radius 1 is 0.977 bits per heavy atom. The minimum Gasteiger partial charge on any atom is -0.459 e. The molecule has 1 aliphatic heterocycles. The zero-order valence-corrected chi connectivity index (χ0v) is 26.1. The van der Waals surface area contributed by atoms with Gasteiger partial charge in [0.1, 0.15) is 11.7 Å². The van der Waals surface area contributed by atoms with Crippen LogP contribution >= 0.6 is 0 Å². The van der Waals surface area contributed by atoms with Gasteiger partial charge in [-0.2, -0.15) is 0 Å². The van der Waals surface area contributed by atoms with Gasteiger partial charge in [0.25, 0.3) is 0 Å². The summed E-state index contributed by atoms with van der Waals surface area (Å²) in [6, 6.07) is 0. The highest BCUT2D eigenvalue weighted by atomic mass is 16.6. The second-order valence-corrected chi connectivity index (χ2v) is 11.8. The molecule has 1 saturated carbocycles. The Morgan fingerprint density at radius 3 is 2.05 bits per heavy atom. The zero-order valence-electron chi connectivity index (χ0n) is 26.1. The van der Waals surface area contributed by atoms with Gasteiger partial charge in [0, 0.05) is 30.9 Å². The van der Waals surface area contributed by atoms with Gasteiger partial charge in [-0.15, -0.1) is 0 Å². The second kappa shape index (κ2) is 12.2. The number of aliphatic hydroxyl groups is 2. The molecule has 2 N–H and O–H groups in total. The molecule has 1 heterocycles. The Bertz CT molecular complexity index is 1290. The number of carbonyl (C=O) groups excluding carboxylic acids is 5. The van der Waals surface area contributed by atoms with Crippen molar-refractivity contribution in [2.24, 2.45) is 5.92 Å². The summed E-state index contributed by atoms with van der Waals surface area (Å²) in [4.78, 5) is 64.6. The SMILES string of the molecule is C/C=C(/C)C(=O)O[C@@H]1[C@H]2C(=C(C)[C@@H]1OC(=O)/C(C)=C\C)[C@@H]1OC(=O)[C@@](C)(O)[C@@]1(O)[C@@H](OC(=O)CCC)C[C@]2(C)OC(C)=O. The van der Waals surface area contributed by atoms with Crippen LogP contribution in [0, 0.1) is 5.92 Å². The standard InChI is InChI=1S/C31H42O12/c1-10-13-20(33)39-19-14-29(8,43-18(7)32)22-21(25-31(19,38)30(9,37)28(36)42-25)17(6)23(40-26(34)15(4)11-2)24(22)41-27(35)16(5)12-3/h11-12,19,22-25,37-38H,10,13-14H2,1-9H3/b15-11-,16-12-/t19-,22+,23-,24+,25-,29-,30+,31+/m0/s1. The number of rotatable bonds is 8. The third-order valence-electron chi connectivity index (χ3n) is 8.76. The topological polar surface area (TPSA) is 172 Å². The fourth-order valence-corrected chi connectivity index (χ4v) is 6.15. The highest BCUT2D eigenvalue weighted by Gasteiger charge is 2.76. The van der Waals surface area contributed by atoms with Crippen molar-refractivity contribution in [3.8, 4) is 0 Å². The van der Waals surface area contributed by atoms with Gasteiger partial charge in [0.15, 0.2) is 29.5 Å². The monoisotopic (exact) mass is 606 g/mol. The maximum Gasteiger partial charge on any atom is 0.341 e. The molecule has 0 bridgehead atoms. The molecule has 0 aromatic carbocycles. The first kappa shape index (κ1) is 34.0. The van der Waals surface area contributed by atoms with Gasteiger partial charge in [-0.25, -0.2) is 14.4 Å². The highest BCUT2D eigenvalue weighted by molar-refractivity contribution is 5.89. The van der Waals surface area contributed by atoms with Gasteiger partial charge in [-0.3, -0.25) is 9.59 Å². The minimum atomic E-state index is -2.59. The largest absolute Gasteiger partial charge is 0.459 e. The molecule has 2 fully saturated rings. The molecule has 8 atom stereocenters. The van der Waals surface area contributed by atoms with Gasteiger partial charge in [-0.1, -0.05) is 19.1 Å². The van der Waals surface area contributed by atoms with Gasteiger partial charge >= 0.3 is 29.8 Å². The molecule has 238 valence electrons. The predicted molar refractivity (Wildman–Crippen MR) is 150 cm³/mol. The third kappa shape index (κ3) is 5.74. The van der Waals surface area contributed by atoms with E-state index in [1.807, 2.05) is 0 Å². The molecule has 1 saturated heterocycles. The first-order valence-electron chi connectivity index (χ1n) is 14.3. The van der Waals surface area contributed by atoms with Crippen LogP contribution in [0.2, 0.25) is 0 Å². The second-order valence-electron chi connectivity index (χ2n) is 11.8. The number of hydrogen-bond acceptors (Lipinski definition) is 12. The Kier molecular flexibility index (Phi) is 9.67. The minimum absolute atomic E-state index is 0.0329. The quantitative estimate of drug-likeness (QED) is 0.179. The van der Waals surface area contributed by atoms with E-state index in [2.05, 4.69) is 0 Å². The number of carbonyl (C=O) groups is 5. The Hall–Kier alpha value is -3.51. The molecular weight excluding hydrogens is 564 g/mol. The maximum atomic E-state index is 13.2. The van der Waals surface area contributed by atoms with E-state index in [0.717, 1.165) is 13.8 Å². The van der Waals surface area contributed by atoms with Crippen LogP contribution in [-0.2, 0) is 47.7 Å². The molecule has 3 rings (SSSR count). The molecule has 12 heteroatoms. The van der Waals surface area contributed by atoms with Gasteiger partial charge < -0.3 is 33.9 Å². The van der Waals surface area contributed by atoms with Crippen molar-refractivity contribution < 1.29 is 57.9 Å². The van der Waals surface area contributed by atoms with E-state index in [-0.39, 0.29) is 28.7 Å². The van der Waals surface area contributed by atoms with Crippen molar-refractivity contribution in [1.82, 2.24) is 0 Å². The molecule has 0 unspecified atom stereocenters. The predicted octanol–water partition coefficient (Wildman–Crippen LogP) is 2.53. The third-order valence-corrected chi connectivity index (χ3v) is 8.76. The number of hydrogen-bond donors (Lipinski definition) is 2. The first-order valence-corrected chi connectivity index (χ1v) is 14.3. The van der Waals surface area contributed by atoms with Crippen LogP contribution < -0.4 is 0 Å². The summed E-state index contributed by atoms with van der Waals surface area (Å²) in [5.74, 6) is -5.31. The first-order chi connectivity index (χ1) is 19.9. The summed E-state index contributed by atoms with van der Waals surface area (Å²) < 4.78 is 29.0. The molecule has 2 aliphatic carbocycles. The molecule has 0 amide bonds. The van der Waals surface area contributed by atoms with Crippen LogP contribution in [-0.4, -0.2) is 81.3 Å². The van der Waals surface area contributed by atoms with E-state index < -0.39 is 83.4 Å². The van der Waals surface area contributed by atoms with Gasteiger partial charge in [0.05, 0.1) is 5.92 Å². The van der Waals surface area contributed by atoms with Crippen LogP contribution in [0.1, 0.15) is 81.6 Å². The Labute approximate surface area is 251 Å². The number of ether oxygens (including phenoxy) is 5. The van der Waals surface area contributed by atoms with Crippen LogP contribution in [0.3, 0.4) is 0 Å². The summed E-state index contributed by atoms with van der Waals surface area (Å²) in [5, 5.41) is 23.7. The van der Waals surface area contributed by atoms with E-state index in [4.69, 9.17) is 23.7 Å². The molecule has 0 spiro atoms. The van der Waals surface area contributed by atoms with Crippen LogP contribution in [0.5, 0.6) is 0 Å². The van der Waals surface area contributed by atoms with Gasteiger partial charge in [0.2, 0.25) is 0 Å². The number of fused-ring (bicyclic) bond motifs is 3.